The lowest BCUT2D eigenvalue weighted by Gasteiger charge is -1.94. The Morgan fingerprint density at radius 3 is 2.55 bits per heavy atom. The van der Waals surface area contributed by atoms with Gasteiger partial charge in [0.1, 0.15) is 5.82 Å². The van der Waals surface area contributed by atoms with Crippen molar-refractivity contribution in [3.63, 3.8) is 0 Å². The zero-order valence-corrected chi connectivity index (χ0v) is 6.96. The number of benzene rings is 1. The predicted octanol–water partition coefficient (Wildman–Crippen LogP) is 2.40. The molecular weight excluding hydrogens is 211 g/mol. The number of rotatable bonds is 2. The topological polar surface area (TPSA) is 17.1 Å². The van der Waals surface area contributed by atoms with Crippen LogP contribution in [0.2, 0.25) is 0 Å². The summed E-state index contributed by atoms with van der Waals surface area (Å²) < 4.78 is 42.0. The highest BCUT2D eigenvalue weighted by molar-refractivity contribution is 9.09. The fourth-order valence-electron chi connectivity index (χ4n) is 0.503. The summed E-state index contributed by atoms with van der Waals surface area (Å²) in [4.78, 5) is 11.3. The fraction of sp³-hybridized carbons (Fsp3) is 0.125. The molecule has 0 heterocycles. The lowest BCUT2D eigenvalue weighted by atomic mass is 10.1. The molecule has 0 aromatic heterocycles. The summed E-state index contributed by atoms with van der Waals surface area (Å²) in [6, 6.07) is -2.92. The summed E-state index contributed by atoms with van der Waals surface area (Å²) in [5.74, 6) is -1.84. The molecule has 0 radical (unpaired) electrons. The van der Waals surface area contributed by atoms with Gasteiger partial charge in [-0.2, -0.15) is 0 Å². The zero-order chi connectivity index (χ0) is 11.7. The number of carbonyl (C=O) groups is 1. The van der Waals surface area contributed by atoms with Crippen LogP contribution in [0.3, 0.4) is 0 Å². The van der Waals surface area contributed by atoms with E-state index >= 15 is 0 Å². The second-order valence-corrected chi connectivity index (χ2v) is 2.31. The number of ketones is 1. The third kappa shape index (κ3) is 2.12. The molecule has 0 amide bonds. The summed E-state index contributed by atoms with van der Waals surface area (Å²) in [5.41, 5.74) is -0.386. The maximum Gasteiger partial charge on any atom is 0.173 e. The van der Waals surface area contributed by atoms with Crippen LogP contribution in [0.1, 0.15) is 15.8 Å². The van der Waals surface area contributed by atoms with E-state index in [0.717, 1.165) is 0 Å². The molecule has 0 aliphatic heterocycles. The molecule has 0 unspecified atom stereocenters. The van der Waals surface area contributed by atoms with Crippen LogP contribution in [0.15, 0.2) is 24.2 Å². The van der Waals surface area contributed by atoms with Crippen molar-refractivity contribution in [3.05, 3.63) is 35.6 Å². The van der Waals surface area contributed by atoms with E-state index in [1.54, 1.807) is 0 Å². The first-order valence-corrected chi connectivity index (χ1v) is 3.89. The van der Waals surface area contributed by atoms with Crippen molar-refractivity contribution in [2.45, 2.75) is 0 Å². The fourth-order valence-corrected chi connectivity index (χ4v) is 0.784. The molecule has 0 saturated carbocycles. The molecule has 11 heavy (non-hydrogen) atoms. The van der Waals surface area contributed by atoms with E-state index in [-0.39, 0.29) is 10.9 Å². The summed E-state index contributed by atoms with van der Waals surface area (Å²) in [6.45, 7) is 0. The van der Waals surface area contributed by atoms with Gasteiger partial charge in [-0.15, -0.1) is 0 Å². The van der Waals surface area contributed by atoms with Crippen LogP contribution < -0.4 is 0 Å². The number of alkyl halides is 1. The van der Waals surface area contributed by atoms with E-state index in [1.807, 2.05) is 0 Å². The van der Waals surface area contributed by atoms with Crippen LogP contribution in [-0.4, -0.2) is 11.1 Å². The Morgan fingerprint density at radius 2 is 2.09 bits per heavy atom. The Morgan fingerprint density at radius 1 is 1.55 bits per heavy atom. The van der Waals surface area contributed by atoms with Crippen LogP contribution in [0.4, 0.5) is 4.39 Å². The van der Waals surface area contributed by atoms with Crippen molar-refractivity contribution in [2.24, 2.45) is 0 Å². The molecule has 0 aliphatic carbocycles. The first-order valence-electron chi connectivity index (χ1n) is 4.76. The molecule has 1 rings (SSSR count). The van der Waals surface area contributed by atoms with Crippen LogP contribution >= 0.6 is 15.9 Å². The molecular formula is C8H6BrFO. The second kappa shape index (κ2) is 3.62. The van der Waals surface area contributed by atoms with Gasteiger partial charge < -0.3 is 0 Å². The highest BCUT2D eigenvalue weighted by Gasteiger charge is 2.01. The third-order valence-corrected chi connectivity index (χ3v) is 1.50. The third-order valence-electron chi connectivity index (χ3n) is 0.995. The van der Waals surface area contributed by atoms with Crippen LogP contribution in [-0.2, 0) is 0 Å². The van der Waals surface area contributed by atoms with E-state index in [0.29, 0.717) is 0 Å². The van der Waals surface area contributed by atoms with E-state index < -0.39 is 35.8 Å². The van der Waals surface area contributed by atoms with E-state index in [2.05, 4.69) is 15.9 Å². The van der Waals surface area contributed by atoms with Gasteiger partial charge in [0.05, 0.1) is 10.8 Å². The molecule has 0 bridgehead atoms. The zero-order valence-electron chi connectivity index (χ0n) is 9.37. The van der Waals surface area contributed by atoms with Gasteiger partial charge in [-0.25, -0.2) is 4.39 Å². The van der Waals surface area contributed by atoms with E-state index in [1.165, 1.54) is 0 Å². The normalized spacial score (nSPS) is 14.7. The molecule has 0 saturated heterocycles. The van der Waals surface area contributed by atoms with E-state index in [9.17, 15) is 9.18 Å². The minimum absolute atomic E-state index is 0.130. The van der Waals surface area contributed by atoms with Gasteiger partial charge >= 0.3 is 0 Å². The summed E-state index contributed by atoms with van der Waals surface area (Å²) in [6.07, 6.45) is 0. The first-order chi connectivity index (χ1) is 6.91. The van der Waals surface area contributed by atoms with Crippen molar-refractivity contribution in [1.82, 2.24) is 0 Å². The van der Waals surface area contributed by atoms with E-state index in [4.69, 9.17) is 5.48 Å². The SMILES string of the molecule is [2H]c1c([2H])c(C(=O)CBr)c([2H])c([2H])c1F. The smallest absolute Gasteiger partial charge is 0.173 e. The van der Waals surface area contributed by atoms with Gasteiger partial charge in [0, 0.05) is 5.56 Å². The van der Waals surface area contributed by atoms with Crippen molar-refractivity contribution in [2.75, 3.05) is 5.33 Å². The molecule has 1 aromatic rings. The Balaban J connectivity index is 3.60. The maximum atomic E-state index is 13.1. The molecule has 0 atom stereocenters. The second-order valence-electron chi connectivity index (χ2n) is 1.75. The minimum atomic E-state index is -1.24. The van der Waals surface area contributed by atoms with Crippen molar-refractivity contribution >= 4 is 21.7 Å². The molecule has 1 nitrogen and oxygen atoms in total. The Hall–Kier alpha value is -0.700. The number of carbonyl (C=O) groups excluding carboxylic acids is 1. The molecule has 0 fully saturated rings. The predicted molar refractivity (Wildman–Crippen MR) is 44.5 cm³/mol. The Bertz CT molecular complexity index is 406. The summed E-state index contributed by atoms with van der Waals surface area (Å²) in [7, 11) is 0. The molecule has 0 spiro atoms. The Kier molecular flexibility index (Phi) is 1.43. The first kappa shape index (κ1) is 4.36. The van der Waals surface area contributed by atoms with Gasteiger partial charge in [-0.1, -0.05) is 15.9 Å². The molecule has 1 aromatic carbocycles. The quantitative estimate of drug-likeness (QED) is 0.553. The Labute approximate surface area is 78.0 Å². The molecule has 0 aliphatic rings. The highest BCUT2D eigenvalue weighted by Crippen LogP contribution is 2.04. The standard InChI is InChI=1S/C8H6BrFO/c9-5-8(11)6-1-3-7(10)4-2-6/h1-4H,5H2/i1D,2D,3D,4D. The molecule has 0 N–H and O–H groups in total. The molecule has 58 valence electrons. The van der Waals surface area contributed by atoms with Gasteiger partial charge in [0.15, 0.2) is 5.78 Å². The average Bonchev–Trinajstić information content (AvgIpc) is 2.23. The van der Waals surface area contributed by atoms with Crippen LogP contribution in [0, 0.1) is 5.82 Å². The van der Waals surface area contributed by atoms with Gasteiger partial charge in [-0.3, -0.25) is 4.79 Å². The number of halogens is 2. The molecule has 3 heteroatoms. The lowest BCUT2D eigenvalue weighted by molar-refractivity contribution is 0.102. The lowest BCUT2D eigenvalue weighted by Crippen LogP contribution is -1.98. The average molecular weight is 221 g/mol. The summed E-state index contributed by atoms with van der Waals surface area (Å²) in [5, 5.41) is -0.130. The van der Waals surface area contributed by atoms with Gasteiger partial charge in [-0.05, 0) is 24.2 Å². The summed E-state index contributed by atoms with van der Waals surface area (Å²) >= 11 is 2.86. The van der Waals surface area contributed by atoms with Gasteiger partial charge in [0.2, 0.25) is 0 Å². The van der Waals surface area contributed by atoms with Crippen molar-refractivity contribution < 1.29 is 14.7 Å². The number of hydrogen-bond donors (Lipinski definition) is 0. The number of hydrogen-bond acceptors (Lipinski definition) is 1. The monoisotopic (exact) mass is 220 g/mol. The highest BCUT2D eigenvalue weighted by atomic mass is 79.9. The maximum absolute atomic E-state index is 13.1. The van der Waals surface area contributed by atoms with Gasteiger partial charge in [0.25, 0.3) is 0 Å². The minimum Gasteiger partial charge on any atom is -0.293 e. The van der Waals surface area contributed by atoms with Crippen LogP contribution in [0.25, 0.3) is 0 Å². The largest absolute Gasteiger partial charge is 0.293 e. The van der Waals surface area contributed by atoms with Crippen molar-refractivity contribution in [1.29, 1.82) is 0 Å². The van der Waals surface area contributed by atoms with Crippen LogP contribution in [0.5, 0.6) is 0 Å². The van der Waals surface area contributed by atoms with Crippen molar-refractivity contribution in [3.8, 4) is 0 Å². The number of Topliss-reactive ketones (excluding diaryl/α,β-unsaturated/α-hetero) is 1.